The standard InChI is InChI=1S/C22H23N3O.ClH/c1-15(2)13-25-20-11-7-5-9-18(20)23-22(25)17-12-21(26)24(14-17)19-10-6-4-8-16(19)3;/h4-11,17H,1,12-14H2,2-3H3;1H/p-1. The monoisotopic (exact) mass is 380 g/mol. The van der Waals surface area contributed by atoms with Crippen molar-refractivity contribution < 1.29 is 17.2 Å². The third kappa shape index (κ3) is 3.50. The van der Waals surface area contributed by atoms with E-state index in [0.717, 1.165) is 40.2 Å². The summed E-state index contributed by atoms with van der Waals surface area (Å²) in [5, 5.41) is 0. The molecule has 27 heavy (non-hydrogen) atoms. The number of carbonyl (C=O) groups excluding carboxylic acids is 1. The lowest BCUT2D eigenvalue weighted by atomic mass is 10.1. The molecule has 1 fully saturated rings. The van der Waals surface area contributed by atoms with Crippen LogP contribution in [0.2, 0.25) is 0 Å². The molecule has 0 bridgehead atoms. The number of aryl methyl sites for hydroxylation is 1. The fraction of sp³-hybridized carbons (Fsp3) is 0.273. The Labute approximate surface area is 165 Å². The normalized spacial score (nSPS) is 16.6. The van der Waals surface area contributed by atoms with E-state index in [0.29, 0.717) is 13.0 Å². The second kappa shape index (κ2) is 7.57. The number of carbonyl (C=O) groups is 1. The molecule has 1 aromatic heterocycles. The maximum atomic E-state index is 12.7. The third-order valence-corrected chi connectivity index (χ3v) is 5.01. The van der Waals surface area contributed by atoms with Gasteiger partial charge in [-0.15, -0.1) is 0 Å². The van der Waals surface area contributed by atoms with E-state index in [1.165, 1.54) is 0 Å². The van der Waals surface area contributed by atoms with Crippen molar-refractivity contribution >= 4 is 22.6 Å². The molecular formula is C22H23ClN3O-. The zero-order chi connectivity index (χ0) is 18.3. The number of hydrogen-bond donors (Lipinski definition) is 0. The number of rotatable bonds is 4. The van der Waals surface area contributed by atoms with E-state index in [1.54, 1.807) is 0 Å². The lowest BCUT2D eigenvalue weighted by Crippen LogP contribution is -3.00. The predicted octanol–water partition coefficient (Wildman–Crippen LogP) is 1.45. The molecule has 5 heteroatoms. The number of aromatic nitrogens is 2. The van der Waals surface area contributed by atoms with Crippen molar-refractivity contribution in [3.05, 3.63) is 72.1 Å². The van der Waals surface area contributed by atoms with E-state index in [1.807, 2.05) is 61.2 Å². The minimum atomic E-state index is 0. The van der Waals surface area contributed by atoms with Gasteiger partial charge >= 0.3 is 0 Å². The van der Waals surface area contributed by atoms with Crippen molar-refractivity contribution in [1.82, 2.24) is 9.55 Å². The van der Waals surface area contributed by atoms with Gasteiger partial charge in [0.05, 0.1) is 11.0 Å². The maximum Gasteiger partial charge on any atom is 0.227 e. The number of fused-ring (bicyclic) bond motifs is 1. The minimum Gasteiger partial charge on any atom is -1.00 e. The summed E-state index contributed by atoms with van der Waals surface area (Å²) in [6.07, 6.45) is 0.494. The molecule has 1 atom stereocenters. The van der Waals surface area contributed by atoms with Gasteiger partial charge in [0.2, 0.25) is 5.91 Å². The van der Waals surface area contributed by atoms with Gasteiger partial charge in [0.15, 0.2) is 0 Å². The fourth-order valence-electron chi connectivity index (χ4n) is 3.82. The molecule has 4 rings (SSSR count). The summed E-state index contributed by atoms with van der Waals surface area (Å²) in [5.74, 6) is 1.24. The zero-order valence-electron chi connectivity index (χ0n) is 15.7. The predicted molar refractivity (Wildman–Crippen MR) is 105 cm³/mol. The summed E-state index contributed by atoms with van der Waals surface area (Å²) < 4.78 is 2.22. The molecule has 0 radical (unpaired) electrons. The lowest BCUT2D eigenvalue weighted by Gasteiger charge is -2.19. The summed E-state index contributed by atoms with van der Waals surface area (Å²) in [5.41, 5.74) is 5.28. The summed E-state index contributed by atoms with van der Waals surface area (Å²) in [6, 6.07) is 16.2. The van der Waals surface area contributed by atoms with E-state index >= 15 is 0 Å². The highest BCUT2D eigenvalue weighted by molar-refractivity contribution is 5.97. The number of anilines is 1. The van der Waals surface area contributed by atoms with Crippen LogP contribution in [0, 0.1) is 6.92 Å². The van der Waals surface area contributed by atoms with Gasteiger partial charge in [0.25, 0.3) is 0 Å². The molecule has 0 N–H and O–H groups in total. The summed E-state index contributed by atoms with van der Waals surface area (Å²) >= 11 is 0. The molecule has 0 aliphatic carbocycles. The van der Waals surface area contributed by atoms with Gasteiger partial charge in [-0.2, -0.15) is 0 Å². The minimum absolute atomic E-state index is 0. The Morgan fingerprint density at radius 3 is 2.63 bits per heavy atom. The quantitative estimate of drug-likeness (QED) is 0.642. The highest BCUT2D eigenvalue weighted by Gasteiger charge is 2.35. The van der Waals surface area contributed by atoms with E-state index in [9.17, 15) is 4.79 Å². The third-order valence-electron chi connectivity index (χ3n) is 5.01. The van der Waals surface area contributed by atoms with Gasteiger partial charge in [-0.1, -0.05) is 42.5 Å². The molecule has 0 spiro atoms. The lowest BCUT2D eigenvalue weighted by molar-refractivity contribution is -0.117. The Bertz CT molecular complexity index is 1010. The smallest absolute Gasteiger partial charge is 0.227 e. The summed E-state index contributed by atoms with van der Waals surface area (Å²) in [6.45, 7) is 9.54. The largest absolute Gasteiger partial charge is 1.00 e. The number of nitrogens with zero attached hydrogens (tertiary/aromatic N) is 3. The van der Waals surface area contributed by atoms with Crippen LogP contribution in [-0.4, -0.2) is 22.0 Å². The molecule has 1 aliphatic heterocycles. The first-order valence-electron chi connectivity index (χ1n) is 9.00. The molecule has 140 valence electrons. The fourth-order valence-corrected chi connectivity index (χ4v) is 3.82. The molecule has 0 saturated carbocycles. The van der Waals surface area contributed by atoms with E-state index in [2.05, 4.69) is 17.2 Å². The topological polar surface area (TPSA) is 38.1 Å². The highest BCUT2D eigenvalue weighted by atomic mass is 35.5. The molecule has 1 aliphatic rings. The van der Waals surface area contributed by atoms with Gasteiger partial charge in [0, 0.05) is 31.1 Å². The second-order valence-corrected chi connectivity index (χ2v) is 7.19. The van der Waals surface area contributed by atoms with Crippen LogP contribution in [0.25, 0.3) is 11.0 Å². The van der Waals surface area contributed by atoms with Gasteiger partial charge in [0.1, 0.15) is 5.82 Å². The average Bonchev–Trinajstić information content (AvgIpc) is 3.16. The SMILES string of the molecule is C=C(C)Cn1c(C2CC(=O)N(c3ccccc3C)C2)nc2ccccc21.[Cl-]. The van der Waals surface area contributed by atoms with E-state index < -0.39 is 0 Å². The van der Waals surface area contributed by atoms with Crippen molar-refractivity contribution in [2.75, 3.05) is 11.4 Å². The first kappa shape index (κ1) is 19.2. The van der Waals surface area contributed by atoms with Gasteiger partial charge in [-0.3, -0.25) is 4.79 Å². The van der Waals surface area contributed by atoms with Crippen LogP contribution in [-0.2, 0) is 11.3 Å². The number of halogens is 1. The van der Waals surface area contributed by atoms with Crippen LogP contribution in [0.3, 0.4) is 0 Å². The average molecular weight is 381 g/mol. The summed E-state index contributed by atoms with van der Waals surface area (Å²) in [7, 11) is 0. The molecule has 3 aromatic rings. The van der Waals surface area contributed by atoms with Crippen molar-refractivity contribution in [3.63, 3.8) is 0 Å². The zero-order valence-corrected chi connectivity index (χ0v) is 16.4. The first-order chi connectivity index (χ1) is 12.5. The second-order valence-electron chi connectivity index (χ2n) is 7.19. The van der Waals surface area contributed by atoms with Crippen LogP contribution >= 0.6 is 0 Å². The number of benzene rings is 2. The number of imidazole rings is 1. The van der Waals surface area contributed by atoms with Crippen LogP contribution in [0.4, 0.5) is 5.69 Å². The van der Waals surface area contributed by atoms with Crippen molar-refractivity contribution in [2.24, 2.45) is 0 Å². The van der Waals surface area contributed by atoms with Gasteiger partial charge in [-0.25, -0.2) is 4.98 Å². The van der Waals surface area contributed by atoms with Crippen molar-refractivity contribution in [3.8, 4) is 0 Å². The van der Waals surface area contributed by atoms with E-state index in [4.69, 9.17) is 4.98 Å². The molecule has 2 aromatic carbocycles. The number of hydrogen-bond acceptors (Lipinski definition) is 2. The van der Waals surface area contributed by atoms with Gasteiger partial charge in [-0.05, 0) is 37.6 Å². The van der Waals surface area contributed by atoms with Crippen LogP contribution < -0.4 is 17.3 Å². The van der Waals surface area contributed by atoms with E-state index in [-0.39, 0.29) is 24.2 Å². The number of allylic oxidation sites excluding steroid dienone is 1. The van der Waals surface area contributed by atoms with Crippen LogP contribution in [0.15, 0.2) is 60.7 Å². The molecule has 1 amide bonds. The van der Waals surface area contributed by atoms with Crippen molar-refractivity contribution in [2.45, 2.75) is 32.7 Å². The highest BCUT2D eigenvalue weighted by Crippen LogP contribution is 2.34. The Kier molecular flexibility index (Phi) is 5.38. The molecule has 1 unspecified atom stereocenters. The maximum absolute atomic E-state index is 12.7. The molecule has 4 nitrogen and oxygen atoms in total. The van der Waals surface area contributed by atoms with Gasteiger partial charge < -0.3 is 21.9 Å². The Balaban J connectivity index is 0.00000210. The van der Waals surface area contributed by atoms with Crippen LogP contribution in [0.1, 0.15) is 30.7 Å². The number of para-hydroxylation sites is 3. The molecule has 1 saturated heterocycles. The van der Waals surface area contributed by atoms with Crippen molar-refractivity contribution in [1.29, 1.82) is 0 Å². The Morgan fingerprint density at radius 2 is 1.89 bits per heavy atom. The summed E-state index contributed by atoms with van der Waals surface area (Å²) in [4.78, 5) is 19.5. The molecule has 2 heterocycles. The number of amides is 1. The van der Waals surface area contributed by atoms with Crippen LogP contribution in [0.5, 0.6) is 0 Å². The Morgan fingerprint density at radius 1 is 1.19 bits per heavy atom. The first-order valence-corrected chi connectivity index (χ1v) is 9.00. The molecular weight excluding hydrogens is 358 g/mol. The Hall–Kier alpha value is -2.59.